The van der Waals surface area contributed by atoms with E-state index in [2.05, 4.69) is 59.0 Å². The Kier molecular flexibility index (Phi) is 3.11. The number of fused-ring (bicyclic) bond motifs is 16. The summed E-state index contributed by atoms with van der Waals surface area (Å²) in [5, 5.41) is 3.56. The molecule has 0 unspecified atom stereocenters. The molecule has 2 aliphatic carbocycles. The summed E-state index contributed by atoms with van der Waals surface area (Å²) >= 11 is 0. The average Bonchev–Trinajstić information content (AvgIpc) is 3.59. The summed E-state index contributed by atoms with van der Waals surface area (Å²) in [6, 6.07) is 26.3. The molecule has 0 bridgehead atoms. The van der Waals surface area contributed by atoms with Crippen LogP contribution >= 0.6 is 0 Å². The van der Waals surface area contributed by atoms with Crippen LogP contribution in [0.1, 0.15) is 22.3 Å². The maximum absolute atomic E-state index is 5.10. The van der Waals surface area contributed by atoms with Gasteiger partial charge in [-0.05, 0) is 80.6 Å². The lowest BCUT2D eigenvalue weighted by Crippen LogP contribution is -1.97. The van der Waals surface area contributed by atoms with Crippen LogP contribution in [-0.4, -0.2) is 19.4 Å². The molecule has 2 aliphatic rings. The van der Waals surface area contributed by atoms with Crippen molar-refractivity contribution >= 4 is 38.6 Å². The molecular formula is C31H18N4. The Morgan fingerprint density at radius 1 is 0.571 bits per heavy atom. The summed E-state index contributed by atoms with van der Waals surface area (Å²) in [6.07, 6.45) is 5.62. The van der Waals surface area contributed by atoms with Crippen LogP contribution in [0.25, 0.3) is 60.9 Å². The number of aromatic nitrogens is 4. The number of rotatable bonds is 0. The Balaban J connectivity index is 1.44. The summed E-state index contributed by atoms with van der Waals surface area (Å²) in [5.41, 5.74) is 14.8. The molecule has 4 nitrogen and oxygen atoms in total. The van der Waals surface area contributed by atoms with E-state index >= 15 is 0 Å². The molecule has 9 rings (SSSR count). The van der Waals surface area contributed by atoms with Crippen molar-refractivity contribution < 1.29 is 0 Å². The zero-order valence-electron chi connectivity index (χ0n) is 18.8. The summed E-state index contributed by atoms with van der Waals surface area (Å²) < 4.78 is 2.15. The summed E-state index contributed by atoms with van der Waals surface area (Å²) in [5.74, 6) is 0. The van der Waals surface area contributed by atoms with Gasteiger partial charge in [0, 0.05) is 29.6 Å². The van der Waals surface area contributed by atoms with Crippen LogP contribution < -0.4 is 0 Å². The van der Waals surface area contributed by atoms with E-state index in [1.54, 1.807) is 0 Å². The molecule has 7 aromatic rings. The lowest BCUT2D eigenvalue weighted by atomic mass is 9.95. The second kappa shape index (κ2) is 6.10. The van der Waals surface area contributed by atoms with Crippen molar-refractivity contribution in [3.05, 3.63) is 107 Å². The van der Waals surface area contributed by atoms with Gasteiger partial charge in [0.05, 0.1) is 0 Å². The van der Waals surface area contributed by atoms with Crippen LogP contribution in [0.2, 0.25) is 0 Å². The summed E-state index contributed by atoms with van der Waals surface area (Å²) in [4.78, 5) is 14.6. The minimum Gasteiger partial charge on any atom is -0.260 e. The number of benzene rings is 3. The normalized spacial score (nSPS) is 13.5. The monoisotopic (exact) mass is 446 g/mol. The molecule has 0 amide bonds. The van der Waals surface area contributed by atoms with E-state index in [0.29, 0.717) is 0 Å². The fourth-order valence-corrected chi connectivity index (χ4v) is 6.55. The molecule has 0 atom stereocenters. The van der Waals surface area contributed by atoms with E-state index in [1.807, 2.05) is 30.6 Å². The topological polar surface area (TPSA) is 43.1 Å². The third-order valence-corrected chi connectivity index (χ3v) is 7.95. The first-order valence-electron chi connectivity index (χ1n) is 12.1. The van der Waals surface area contributed by atoms with Crippen molar-refractivity contribution in [1.29, 1.82) is 0 Å². The van der Waals surface area contributed by atoms with E-state index < -0.39 is 0 Å². The first-order valence-corrected chi connectivity index (χ1v) is 12.1. The molecule has 0 fully saturated rings. The fourth-order valence-electron chi connectivity index (χ4n) is 6.55. The van der Waals surface area contributed by atoms with Gasteiger partial charge in [0.2, 0.25) is 0 Å². The SMILES string of the molecule is c1ccc2c(c1)Cc1ccc3c(c1-2)Cc1c-3ccc2c3cccnc3n3c4ncccc4nc3c12. The molecule has 0 N–H and O–H groups in total. The van der Waals surface area contributed by atoms with Crippen LogP contribution in [0.15, 0.2) is 85.2 Å². The number of nitrogens with zero attached hydrogens (tertiary/aromatic N) is 4. The predicted molar refractivity (Wildman–Crippen MR) is 140 cm³/mol. The Bertz CT molecular complexity index is 2070. The standard InChI is InChI=1S/C31H18N4/c1-2-6-19-17(5-1)15-18-9-10-20-21-11-12-22-23-7-3-13-32-29(23)35-30-26(8-4-14-33-30)34-31(35)28(22)25(21)16-24(20)27(18)19/h1-14H,15-16H2. The van der Waals surface area contributed by atoms with Crippen LogP contribution in [0.3, 0.4) is 0 Å². The van der Waals surface area contributed by atoms with Crippen LogP contribution in [0.5, 0.6) is 0 Å². The van der Waals surface area contributed by atoms with Crippen LogP contribution in [-0.2, 0) is 12.8 Å². The quantitative estimate of drug-likeness (QED) is 0.243. The van der Waals surface area contributed by atoms with Gasteiger partial charge in [-0.2, -0.15) is 0 Å². The van der Waals surface area contributed by atoms with Gasteiger partial charge in [-0.15, -0.1) is 0 Å². The average molecular weight is 447 g/mol. The van der Waals surface area contributed by atoms with Gasteiger partial charge in [-0.3, -0.25) is 4.40 Å². The Labute approximate surface area is 200 Å². The van der Waals surface area contributed by atoms with Gasteiger partial charge in [0.25, 0.3) is 0 Å². The maximum atomic E-state index is 5.10. The molecule has 4 aromatic heterocycles. The van der Waals surface area contributed by atoms with E-state index in [1.165, 1.54) is 55.3 Å². The number of imidazole rings is 1. The van der Waals surface area contributed by atoms with Crippen molar-refractivity contribution in [3.63, 3.8) is 0 Å². The van der Waals surface area contributed by atoms with E-state index in [9.17, 15) is 0 Å². The molecule has 4 heterocycles. The third-order valence-electron chi connectivity index (χ3n) is 7.95. The molecule has 0 saturated heterocycles. The van der Waals surface area contributed by atoms with Crippen molar-refractivity contribution in [2.24, 2.45) is 0 Å². The first kappa shape index (κ1) is 17.8. The minimum absolute atomic E-state index is 0.857. The van der Waals surface area contributed by atoms with Gasteiger partial charge in [0.1, 0.15) is 16.8 Å². The van der Waals surface area contributed by atoms with Crippen LogP contribution in [0, 0.1) is 0 Å². The molecular weight excluding hydrogens is 428 g/mol. The Hall–Kier alpha value is -4.57. The number of hydrogen-bond acceptors (Lipinski definition) is 3. The lowest BCUT2D eigenvalue weighted by molar-refractivity contribution is 1.19. The number of pyridine rings is 3. The molecule has 4 heteroatoms. The van der Waals surface area contributed by atoms with Crippen molar-refractivity contribution in [2.45, 2.75) is 12.8 Å². The first-order chi connectivity index (χ1) is 17.4. The highest BCUT2D eigenvalue weighted by Crippen LogP contribution is 2.50. The lowest BCUT2D eigenvalue weighted by Gasteiger charge is -2.11. The summed E-state index contributed by atoms with van der Waals surface area (Å²) in [6.45, 7) is 0. The molecule has 3 aromatic carbocycles. The van der Waals surface area contributed by atoms with Gasteiger partial charge in [0.15, 0.2) is 5.65 Å². The van der Waals surface area contributed by atoms with Gasteiger partial charge in [-0.25, -0.2) is 15.0 Å². The minimum atomic E-state index is 0.857. The molecule has 162 valence electrons. The third kappa shape index (κ3) is 2.11. The predicted octanol–water partition coefficient (Wildman–Crippen LogP) is 6.73. The highest BCUT2D eigenvalue weighted by atomic mass is 15.1. The van der Waals surface area contributed by atoms with E-state index in [-0.39, 0.29) is 0 Å². The zero-order chi connectivity index (χ0) is 22.7. The van der Waals surface area contributed by atoms with Crippen LogP contribution in [0.4, 0.5) is 0 Å². The molecule has 35 heavy (non-hydrogen) atoms. The molecule has 0 spiro atoms. The smallest absolute Gasteiger partial charge is 0.166 e. The number of hydrogen-bond donors (Lipinski definition) is 0. The van der Waals surface area contributed by atoms with Crippen molar-refractivity contribution in [2.75, 3.05) is 0 Å². The van der Waals surface area contributed by atoms with E-state index in [0.717, 1.165) is 40.7 Å². The highest BCUT2D eigenvalue weighted by molar-refractivity contribution is 6.16. The Morgan fingerprint density at radius 3 is 2.37 bits per heavy atom. The largest absolute Gasteiger partial charge is 0.260 e. The highest BCUT2D eigenvalue weighted by Gasteiger charge is 2.30. The van der Waals surface area contributed by atoms with Crippen molar-refractivity contribution in [1.82, 2.24) is 19.4 Å². The second-order valence-corrected chi connectivity index (χ2v) is 9.64. The fraction of sp³-hybridized carbons (Fsp3) is 0.0645. The van der Waals surface area contributed by atoms with Gasteiger partial charge >= 0.3 is 0 Å². The van der Waals surface area contributed by atoms with Crippen molar-refractivity contribution in [3.8, 4) is 22.3 Å². The second-order valence-electron chi connectivity index (χ2n) is 9.64. The van der Waals surface area contributed by atoms with Gasteiger partial charge in [-0.1, -0.05) is 48.5 Å². The molecule has 0 saturated carbocycles. The maximum Gasteiger partial charge on any atom is 0.166 e. The van der Waals surface area contributed by atoms with Gasteiger partial charge < -0.3 is 0 Å². The Morgan fingerprint density at radius 2 is 1.40 bits per heavy atom. The summed E-state index contributed by atoms with van der Waals surface area (Å²) in [7, 11) is 0. The molecule has 0 radical (unpaired) electrons. The molecule has 0 aliphatic heterocycles. The zero-order valence-corrected chi connectivity index (χ0v) is 18.8. The van der Waals surface area contributed by atoms with E-state index in [4.69, 9.17) is 15.0 Å².